The Bertz CT molecular complexity index is 2310. The van der Waals surface area contributed by atoms with Crippen molar-refractivity contribution in [2.45, 2.75) is 82.4 Å². The first-order valence-corrected chi connectivity index (χ1v) is 21.6. The lowest BCUT2D eigenvalue weighted by atomic mass is 9.86. The minimum Gasteiger partial charge on any atom is -0.490 e. The molecule has 9 rings (SSSR count). The average Bonchev–Trinajstić information content (AvgIpc) is 3.93. The van der Waals surface area contributed by atoms with Crippen molar-refractivity contribution < 1.29 is 33.1 Å². The summed E-state index contributed by atoms with van der Waals surface area (Å²) < 4.78 is 21.7. The number of anilines is 2. The molecule has 5 aliphatic heterocycles. The quantitative estimate of drug-likeness (QED) is 0.289. The molecule has 3 aromatic rings. The second kappa shape index (κ2) is 16.7. The van der Waals surface area contributed by atoms with Crippen LogP contribution >= 0.6 is 11.6 Å². The Morgan fingerprint density at radius 3 is 2.38 bits per heavy atom. The molecule has 0 bridgehead atoms. The van der Waals surface area contributed by atoms with Gasteiger partial charge in [-0.05, 0) is 94.5 Å². The summed E-state index contributed by atoms with van der Waals surface area (Å²) in [7, 11) is 0. The first-order valence-electron chi connectivity index (χ1n) is 21.2. The van der Waals surface area contributed by atoms with Crippen molar-refractivity contribution in [3.8, 4) is 11.8 Å². The number of hydrogen-bond acceptors (Lipinski definition) is 12. The van der Waals surface area contributed by atoms with Crippen molar-refractivity contribution in [2.75, 3.05) is 55.6 Å². The minimum atomic E-state index is -1.10. The summed E-state index contributed by atoms with van der Waals surface area (Å²) in [6.07, 6.45) is 10.3. The molecule has 17 heteroatoms. The number of nitrogens with one attached hydrogen (secondary N) is 2. The van der Waals surface area contributed by atoms with E-state index in [-0.39, 0.29) is 53.1 Å². The van der Waals surface area contributed by atoms with Gasteiger partial charge in [-0.2, -0.15) is 5.26 Å². The number of rotatable bonds is 9. The summed E-state index contributed by atoms with van der Waals surface area (Å²) in [6, 6.07) is 8.62. The molecule has 61 heavy (non-hydrogen) atoms. The van der Waals surface area contributed by atoms with Gasteiger partial charge in [-0.25, -0.2) is 14.4 Å². The molecule has 6 heterocycles. The number of nitriles is 1. The van der Waals surface area contributed by atoms with E-state index in [1.54, 1.807) is 30.6 Å². The highest BCUT2D eigenvalue weighted by Gasteiger charge is 2.47. The Morgan fingerprint density at radius 1 is 0.918 bits per heavy atom. The monoisotopic (exact) mass is 851 g/mol. The van der Waals surface area contributed by atoms with Gasteiger partial charge >= 0.3 is 0 Å². The van der Waals surface area contributed by atoms with Gasteiger partial charge in [-0.15, -0.1) is 0 Å². The van der Waals surface area contributed by atoms with E-state index < -0.39 is 35.5 Å². The van der Waals surface area contributed by atoms with Crippen LogP contribution in [0.1, 0.15) is 101 Å². The fraction of sp³-hybridized carbons (Fsp3) is 0.500. The van der Waals surface area contributed by atoms with Gasteiger partial charge in [0.2, 0.25) is 11.8 Å². The Morgan fingerprint density at radius 2 is 1.67 bits per heavy atom. The van der Waals surface area contributed by atoms with Crippen molar-refractivity contribution >= 4 is 52.6 Å². The number of nitrogens with zero attached hydrogens (tertiary/aromatic N) is 7. The number of imide groups is 2. The number of likely N-dealkylation sites (tertiary alicyclic amines) is 1. The molecule has 5 amide bonds. The van der Waals surface area contributed by atoms with Crippen LogP contribution in [-0.4, -0.2) is 113 Å². The zero-order valence-electron chi connectivity index (χ0n) is 33.7. The fourth-order valence-electron chi connectivity index (χ4n) is 10.1. The molecule has 4 saturated heterocycles. The predicted molar refractivity (Wildman–Crippen MR) is 221 cm³/mol. The number of carbonyl (C=O) groups is 5. The van der Waals surface area contributed by atoms with E-state index in [1.165, 1.54) is 6.07 Å². The molecule has 2 aromatic carbocycles. The lowest BCUT2D eigenvalue weighted by Gasteiger charge is -2.35. The molecule has 2 N–H and O–H groups in total. The van der Waals surface area contributed by atoms with Crippen LogP contribution in [-0.2, 0) is 9.59 Å². The number of hydrogen-bond donors (Lipinski definition) is 2. The van der Waals surface area contributed by atoms with E-state index in [0.717, 1.165) is 101 Å². The third-order valence-corrected chi connectivity index (χ3v) is 13.8. The van der Waals surface area contributed by atoms with Crippen molar-refractivity contribution in [2.24, 2.45) is 11.3 Å². The van der Waals surface area contributed by atoms with Crippen LogP contribution in [0.5, 0.6) is 5.75 Å². The number of piperidine rings is 2. The molecular weight excluding hydrogens is 805 g/mol. The summed E-state index contributed by atoms with van der Waals surface area (Å²) >= 11 is 6.15. The zero-order chi connectivity index (χ0) is 42.4. The van der Waals surface area contributed by atoms with Crippen molar-refractivity contribution in [1.29, 1.82) is 5.26 Å². The molecule has 1 aliphatic carbocycles. The number of benzene rings is 2. The molecule has 1 aromatic heterocycles. The van der Waals surface area contributed by atoms with Crippen LogP contribution in [0, 0.1) is 28.5 Å². The molecule has 15 nitrogen and oxygen atoms in total. The predicted octanol–water partition coefficient (Wildman–Crippen LogP) is 4.48. The molecule has 6 aliphatic rings. The standard InChI is InChI=1S/C44H47ClFN9O6/c45-33-17-30(4-1-27(33)20-47)61-29-5-2-28(3-6-29)50-40(57)35-21-49-38(22-48-35)53-13-9-26(10-14-53)23-52-15-11-44(24-52)12-16-54(25-44)37-19-32-31(18-34(37)46)42(59)55(43(32)60)36-7-8-39(56)51-41(36)58/h1,4,17-19,21-22,26,28-29,36H,2-3,5-16,23-25H2,(H,50,57)(H,51,56,58). The number of carbonyl (C=O) groups excluding carboxylic acids is 5. The topological polar surface area (TPSA) is 181 Å². The Kier molecular flexibility index (Phi) is 11.1. The first-order chi connectivity index (χ1) is 29.5. The molecule has 0 radical (unpaired) electrons. The normalized spacial score (nSPS) is 25.9. The van der Waals surface area contributed by atoms with E-state index in [2.05, 4.69) is 30.4 Å². The third kappa shape index (κ3) is 8.25. The Hall–Kier alpha value is -5.66. The first kappa shape index (κ1) is 40.7. The van der Waals surface area contributed by atoms with Crippen molar-refractivity contribution in [3.05, 3.63) is 75.9 Å². The SMILES string of the molecule is N#Cc1ccc(OC2CCC(NC(=O)c3cnc(N4CCC(CN5CCC6(CCN(c7cc8c(cc7F)C(=O)N(C7CCC(=O)NC7=O)C8=O)C6)C5)CC4)cn3)CC2)cc1Cl. The number of ether oxygens (including phenoxy) is 1. The van der Waals surface area contributed by atoms with Crippen molar-refractivity contribution in [3.63, 3.8) is 0 Å². The second-order valence-electron chi connectivity index (χ2n) is 17.5. The lowest BCUT2D eigenvalue weighted by molar-refractivity contribution is -0.136. The number of fused-ring (bicyclic) bond motifs is 1. The van der Waals surface area contributed by atoms with Gasteiger partial charge in [0, 0.05) is 63.2 Å². The molecule has 2 atom stereocenters. The molecule has 1 spiro atoms. The van der Waals surface area contributed by atoms with E-state index in [0.29, 0.717) is 41.0 Å². The minimum absolute atomic E-state index is 0.00455. The molecule has 318 valence electrons. The molecular formula is C44H47ClFN9O6. The van der Waals surface area contributed by atoms with Gasteiger partial charge in [-0.1, -0.05) is 11.6 Å². The highest BCUT2D eigenvalue weighted by Crippen LogP contribution is 2.43. The Balaban J connectivity index is 0.718. The molecule has 5 fully saturated rings. The summed E-state index contributed by atoms with van der Waals surface area (Å²) in [5.74, 6) is -1.39. The van der Waals surface area contributed by atoms with Crippen LogP contribution < -0.4 is 25.2 Å². The third-order valence-electron chi connectivity index (χ3n) is 13.5. The summed E-state index contributed by atoms with van der Waals surface area (Å²) in [4.78, 5) is 80.5. The van der Waals surface area contributed by atoms with Gasteiger partial charge < -0.3 is 24.8 Å². The smallest absolute Gasteiger partial charge is 0.271 e. The van der Waals surface area contributed by atoms with E-state index in [1.807, 2.05) is 11.0 Å². The average molecular weight is 852 g/mol. The summed E-state index contributed by atoms with van der Waals surface area (Å²) in [6.45, 7) is 5.84. The maximum atomic E-state index is 15.6. The molecule has 2 unspecified atom stereocenters. The number of halogens is 2. The van der Waals surface area contributed by atoms with Crippen LogP contribution in [0.4, 0.5) is 15.9 Å². The van der Waals surface area contributed by atoms with Gasteiger partial charge in [0.15, 0.2) is 0 Å². The molecule has 1 saturated carbocycles. The highest BCUT2D eigenvalue weighted by molar-refractivity contribution is 6.31. The number of amides is 5. The summed E-state index contributed by atoms with van der Waals surface area (Å²) in [5, 5.41) is 14.8. The fourth-order valence-corrected chi connectivity index (χ4v) is 10.3. The summed E-state index contributed by atoms with van der Waals surface area (Å²) in [5.41, 5.74) is 1.03. The van der Waals surface area contributed by atoms with Crippen LogP contribution in [0.25, 0.3) is 0 Å². The van der Waals surface area contributed by atoms with E-state index >= 15 is 4.39 Å². The second-order valence-corrected chi connectivity index (χ2v) is 17.9. The van der Waals surface area contributed by atoms with Crippen LogP contribution in [0.15, 0.2) is 42.7 Å². The maximum Gasteiger partial charge on any atom is 0.271 e. The Labute approximate surface area is 357 Å². The largest absolute Gasteiger partial charge is 0.490 e. The van der Waals surface area contributed by atoms with Gasteiger partial charge in [0.1, 0.15) is 35.2 Å². The maximum absolute atomic E-state index is 15.6. The van der Waals surface area contributed by atoms with Gasteiger partial charge in [-0.3, -0.25) is 34.2 Å². The van der Waals surface area contributed by atoms with E-state index in [9.17, 15) is 24.0 Å². The zero-order valence-corrected chi connectivity index (χ0v) is 34.5. The van der Waals surface area contributed by atoms with Crippen molar-refractivity contribution in [1.82, 2.24) is 30.4 Å². The highest BCUT2D eigenvalue weighted by atomic mass is 35.5. The lowest BCUT2D eigenvalue weighted by Crippen LogP contribution is -2.54. The van der Waals surface area contributed by atoms with Crippen LogP contribution in [0.3, 0.4) is 0 Å². The van der Waals surface area contributed by atoms with Crippen LogP contribution in [0.2, 0.25) is 5.02 Å². The van der Waals surface area contributed by atoms with E-state index in [4.69, 9.17) is 21.6 Å². The number of aromatic nitrogens is 2. The van der Waals surface area contributed by atoms with Gasteiger partial charge in [0.05, 0.1) is 45.9 Å². The van der Waals surface area contributed by atoms with Gasteiger partial charge in [0.25, 0.3) is 17.7 Å².